The van der Waals surface area contributed by atoms with Crippen LogP contribution in [0, 0.1) is 0 Å². The van der Waals surface area contributed by atoms with Gasteiger partial charge in [0, 0.05) is 45.8 Å². The van der Waals surface area contributed by atoms with Crippen molar-refractivity contribution in [3.05, 3.63) is 72.5 Å². The number of aromatic hydroxyl groups is 3. The Labute approximate surface area is 236 Å². The first-order chi connectivity index (χ1) is 19.9. The van der Waals surface area contributed by atoms with E-state index in [1.165, 1.54) is 18.2 Å². The number of hydrogen-bond donors (Lipinski definition) is 5. The number of benzene rings is 2. The lowest BCUT2D eigenvalue weighted by molar-refractivity contribution is -0.248. The van der Waals surface area contributed by atoms with E-state index in [9.17, 15) is 39.9 Å². The zero-order valence-corrected chi connectivity index (χ0v) is 21.9. The first-order valence-electron chi connectivity index (χ1n) is 12.7. The van der Waals surface area contributed by atoms with Gasteiger partial charge in [0.05, 0.1) is 47.6 Å². The molecule has 3 aliphatic rings. The summed E-state index contributed by atoms with van der Waals surface area (Å²) in [6, 6.07) is 2.68. The van der Waals surface area contributed by atoms with Crippen LogP contribution in [0.3, 0.4) is 0 Å². The predicted molar refractivity (Wildman–Crippen MR) is 139 cm³/mol. The summed E-state index contributed by atoms with van der Waals surface area (Å²) in [6.45, 7) is 0.735. The highest BCUT2D eigenvalue weighted by Crippen LogP contribution is 2.52. The molecule has 1 saturated heterocycles. The van der Waals surface area contributed by atoms with Gasteiger partial charge in [-0.3, -0.25) is 14.4 Å². The van der Waals surface area contributed by atoms with E-state index in [2.05, 4.69) is 20.1 Å². The average molecular weight is 581 g/mol. The third-order valence-electron chi connectivity index (χ3n) is 7.90. The highest BCUT2D eigenvalue weighted by Gasteiger charge is 2.49. The van der Waals surface area contributed by atoms with E-state index in [1.54, 1.807) is 0 Å². The van der Waals surface area contributed by atoms with Crippen LogP contribution in [0.4, 0.5) is 0 Å². The molecule has 0 radical (unpaired) electrons. The van der Waals surface area contributed by atoms with Crippen molar-refractivity contribution in [2.45, 2.75) is 62.4 Å². The number of azide groups is 2. The van der Waals surface area contributed by atoms with Crippen LogP contribution in [0.2, 0.25) is 0 Å². The van der Waals surface area contributed by atoms with Gasteiger partial charge in [-0.05, 0) is 24.1 Å². The lowest BCUT2D eigenvalue weighted by Gasteiger charge is -2.42. The van der Waals surface area contributed by atoms with E-state index in [1.807, 2.05) is 0 Å². The van der Waals surface area contributed by atoms with Crippen LogP contribution in [-0.2, 0) is 20.7 Å². The van der Waals surface area contributed by atoms with Gasteiger partial charge in [0.2, 0.25) is 5.78 Å². The number of hydrogen-bond acceptors (Lipinski definition) is 12. The number of carbonyl (C=O) groups excluding carboxylic acids is 3. The van der Waals surface area contributed by atoms with Crippen molar-refractivity contribution in [1.29, 1.82) is 0 Å². The molecular weight excluding hydrogens is 556 g/mol. The van der Waals surface area contributed by atoms with Gasteiger partial charge in [-0.2, -0.15) is 0 Å². The fourth-order valence-electron chi connectivity index (χ4n) is 5.78. The lowest BCUT2D eigenvalue weighted by atomic mass is 9.72. The highest BCUT2D eigenvalue weighted by molar-refractivity contribution is 6.31. The molecule has 1 aliphatic heterocycles. The number of carbonyl (C=O) groups is 3. The second-order valence-electron chi connectivity index (χ2n) is 10.3. The van der Waals surface area contributed by atoms with Crippen molar-refractivity contribution < 1.29 is 49.4 Å². The van der Waals surface area contributed by atoms with Crippen LogP contribution < -0.4 is 0 Å². The van der Waals surface area contributed by atoms with E-state index in [0.717, 1.165) is 6.92 Å². The molecule has 2 aromatic carbocycles. The molecule has 2 aliphatic carbocycles. The first-order valence-corrected chi connectivity index (χ1v) is 12.7. The standard InChI is InChI=1S/C26H24N6O10/c1-9(33)26(40)6-11-18(14(7-26)41-16-5-12(30-32-28)23(37)15(42-16)8-29-31-27)25(39)20-19(22(11)36)21(35)10-3-2-4-13(34)17(10)24(20)38/h2-4,12,14-16,23,34,36-37,39-40H,5-8H2,1H3/t12?,14?,15-,16?,23?,26+/m1/s1. The Kier molecular flexibility index (Phi) is 7.28. The van der Waals surface area contributed by atoms with E-state index in [0.29, 0.717) is 0 Å². The second-order valence-corrected chi connectivity index (χ2v) is 10.3. The van der Waals surface area contributed by atoms with Crippen molar-refractivity contribution in [1.82, 2.24) is 0 Å². The van der Waals surface area contributed by atoms with E-state index < -0.39 is 94.8 Å². The topological polar surface area (TPSA) is 268 Å². The summed E-state index contributed by atoms with van der Waals surface area (Å²) in [4.78, 5) is 44.8. The number of phenols is 3. The summed E-state index contributed by atoms with van der Waals surface area (Å²) in [7, 11) is 0. The summed E-state index contributed by atoms with van der Waals surface area (Å²) < 4.78 is 11.8. The summed E-state index contributed by atoms with van der Waals surface area (Å²) in [5.74, 6) is -4.59. The van der Waals surface area contributed by atoms with Crippen molar-refractivity contribution >= 4 is 17.3 Å². The first kappa shape index (κ1) is 28.8. The van der Waals surface area contributed by atoms with Crippen LogP contribution in [0.25, 0.3) is 20.9 Å². The molecule has 0 bridgehead atoms. The maximum Gasteiger partial charge on any atom is 0.202 e. The molecule has 1 fully saturated rings. The van der Waals surface area contributed by atoms with Crippen LogP contribution in [-0.4, -0.2) is 79.6 Å². The van der Waals surface area contributed by atoms with E-state index in [4.69, 9.17) is 20.5 Å². The van der Waals surface area contributed by atoms with Gasteiger partial charge in [0.15, 0.2) is 17.9 Å². The molecule has 2 aromatic rings. The smallest absolute Gasteiger partial charge is 0.202 e. The van der Waals surface area contributed by atoms with E-state index >= 15 is 0 Å². The highest BCUT2D eigenvalue weighted by atomic mass is 16.7. The predicted octanol–water partition coefficient (Wildman–Crippen LogP) is 2.37. The number of Topliss-reactive ketones (excluding diaryl/α,β-unsaturated/α-hetero) is 1. The number of aliphatic hydroxyl groups is 2. The van der Waals surface area contributed by atoms with Crippen molar-refractivity contribution in [2.75, 3.05) is 6.54 Å². The SMILES string of the molecule is CC(=O)[C@]1(O)Cc2c(O)c3c(c(O)c2C(OC2CC(N=[N+]=[N-])C(O)[C@@H](CN=[N+]=[N-])O2)C1)C(=O)c1c(O)cccc1C3=O. The molecule has 0 aromatic heterocycles. The van der Waals surface area contributed by atoms with Crippen molar-refractivity contribution in [3.8, 4) is 17.2 Å². The molecule has 42 heavy (non-hydrogen) atoms. The fourth-order valence-corrected chi connectivity index (χ4v) is 5.78. The number of aliphatic hydroxyl groups excluding tert-OH is 1. The quantitative estimate of drug-likeness (QED) is 0.123. The third-order valence-corrected chi connectivity index (χ3v) is 7.90. The van der Waals surface area contributed by atoms with Crippen molar-refractivity contribution in [2.24, 2.45) is 10.2 Å². The lowest BCUT2D eigenvalue weighted by Crippen LogP contribution is -2.51. The molecule has 0 amide bonds. The van der Waals surface area contributed by atoms with Gasteiger partial charge in [-0.25, -0.2) is 0 Å². The Hall–Kier alpha value is -4.69. The van der Waals surface area contributed by atoms with Crippen LogP contribution in [0.1, 0.15) is 68.8 Å². The molecule has 5 N–H and O–H groups in total. The van der Waals surface area contributed by atoms with Crippen molar-refractivity contribution in [3.63, 3.8) is 0 Å². The molecule has 0 saturated carbocycles. The monoisotopic (exact) mass is 580 g/mol. The Morgan fingerprint density at radius 2 is 1.83 bits per heavy atom. The van der Waals surface area contributed by atoms with Gasteiger partial charge in [0.1, 0.15) is 22.8 Å². The zero-order chi connectivity index (χ0) is 30.5. The summed E-state index contributed by atoms with van der Waals surface area (Å²) in [5, 5.41) is 61.8. The Morgan fingerprint density at radius 1 is 1.12 bits per heavy atom. The minimum absolute atomic E-state index is 0.209. The van der Waals surface area contributed by atoms with Crippen LogP contribution in [0.15, 0.2) is 28.4 Å². The summed E-state index contributed by atoms with van der Waals surface area (Å²) in [6.07, 6.45) is -6.59. The third kappa shape index (κ3) is 4.48. The Bertz CT molecular complexity index is 1630. The number of ether oxygens (including phenoxy) is 2. The zero-order valence-electron chi connectivity index (χ0n) is 21.9. The van der Waals surface area contributed by atoms with Gasteiger partial charge < -0.3 is 35.0 Å². The Balaban J connectivity index is 1.64. The van der Waals surface area contributed by atoms with Gasteiger partial charge in [0.25, 0.3) is 0 Å². The maximum absolute atomic E-state index is 13.5. The maximum atomic E-state index is 13.5. The molecule has 5 rings (SSSR count). The van der Waals surface area contributed by atoms with Gasteiger partial charge in [-0.15, -0.1) is 0 Å². The number of rotatable bonds is 6. The molecule has 16 nitrogen and oxygen atoms in total. The minimum Gasteiger partial charge on any atom is -0.507 e. The molecule has 1 heterocycles. The van der Waals surface area contributed by atoms with E-state index in [-0.39, 0.29) is 35.2 Å². The molecule has 4 unspecified atom stereocenters. The summed E-state index contributed by atoms with van der Waals surface area (Å²) >= 11 is 0. The molecular formula is C26H24N6O10. The van der Waals surface area contributed by atoms with Gasteiger partial charge in [-0.1, -0.05) is 22.4 Å². The fraction of sp³-hybridized carbons (Fsp3) is 0.423. The van der Waals surface area contributed by atoms with Crippen LogP contribution in [0.5, 0.6) is 17.2 Å². The normalized spacial score (nSPS) is 28.0. The molecule has 16 heteroatoms. The molecule has 6 atom stereocenters. The van der Waals surface area contributed by atoms with Gasteiger partial charge >= 0.3 is 0 Å². The largest absolute Gasteiger partial charge is 0.507 e. The molecule has 218 valence electrons. The number of ketones is 3. The molecule has 0 spiro atoms. The Morgan fingerprint density at radius 3 is 2.50 bits per heavy atom. The number of nitrogens with zero attached hydrogens (tertiary/aromatic N) is 6. The average Bonchev–Trinajstić information content (AvgIpc) is 2.94. The second kappa shape index (κ2) is 10.6. The van der Waals surface area contributed by atoms with Crippen LogP contribution >= 0.6 is 0 Å². The number of fused-ring (bicyclic) bond motifs is 3. The number of phenolic OH excluding ortho intramolecular Hbond substituents is 3. The minimum atomic E-state index is -2.14. The summed E-state index contributed by atoms with van der Waals surface area (Å²) in [5.41, 5.74) is 13.3.